The standard InChI is InChI=1S/C14H28O2/c1-2-3-9-14(11-13-16-14)10-7-5-4-6-8-12-15/h15H,2-13H2,1H3. The van der Waals surface area contributed by atoms with E-state index in [-0.39, 0.29) is 5.60 Å². The van der Waals surface area contributed by atoms with Crippen molar-refractivity contribution < 1.29 is 9.84 Å². The number of aliphatic hydroxyl groups excluding tert-OH is 1. The van der Waals surface area contributed by atoms with Crippen LogP contribution in [0.5, 0.6) is 0 Å². The molecule has 96 valence electrons. The molecule has 1 atom stereocenters. The highest BCUT2D eigenvalue weighted by Crippen LogP contribution is 2.36. The summed E-state index contributed by atoms with van der Waals surface area (Å²) in [7, 11) is 0. The second-order valence-electron chi connectivity index (χ2n) is 5.13. The van der Waals surface area contributed by atoms with E-state index in [0.29, 0.717) is 6.61 Å². The Hall–Kier alpha value is -0.0800. The minimum absolute atomic E-state index is 0.271. The lowest BCUT2D eigenvalue weighted by molar-refractivity contribution is -0.157. The highest BCUT2D eigenvalue weighted by molar-refractivity contribution is 4.87. The Morgan fingerprint density at radius 1 is 1.00 bits per heavy atom. The van der Waals surface area contributed by atoms with Crippen molar-refractivity contribution in [3.63, 3.8) is 0 Å². The summed E-state index contributed by atoms with van der Waals surface area (Å²) in [5, 5.41) is 8.68. The average molecular weight is 228 g/mol. The molecule has 1 N–H and O–H groups in total. The normalized spacial score (nSPS) is 24.4. The molecule has 0 aromatic heterocycles. The second-order valence-corrected chi connectivity index (χ2v) is 5.13. The molecule has 1 aliphatic heterocycles. The maximum absolute atomic E-state index is 8.68. The zero-order valence-corrected chi connectivity index (χ0v) is 10.8. The van der Waals surface area contributed by atoms with Crippen LogP contribution in [-0.4, -0.2) is 23.9 Å². The average Bonchev–Trinajstić information content (AvgIpc) is 2.25. The number of ether oxygens (including phenoxy) is 1. The first-order chi connectivity index (χ1) is 7.83. The molecule has 1 saturated heterocycles. The van der Waals surface area contributed by atoms with Crippen molar-refractivity contribution in [1.29, 1.82) is 0 Å². The summed E-state index contributed by atoms with van der Waals surface area (Å²) in [4.78, 5) is 0. The van der Waals surface area contributed by atoms with Crippen LogP contribution in [0.25, 0.3) is 0 Å². The predicted octanol–water partition coefficient (Wildman–Crippen LogP) is 3.67. The van der Waals surface area contributed by atoms with Crippen LogP contribution in [0, 0.1) is 0 Å². The monoisotopic (exact) mass is 228 g/mol. The molecule has 2 nitrogen and oxygen atoms in total. The molecule has 0 bridgehead atoms. The van der Waals surface area contributed by atoms with E-state index in [2.05, 4.69) is 6.92 Å². The zero-order valence-electron chi connectivity index (χ0n) is 10.8. The molecule has 0 amide bonds. The number of hydrogen-bond acceptors (Lipinski definition) is 2. The van der Waals surface area contributed by atoms with Crippen molar-refractivity contribution in [2.24, 2.45) is 0 Å². The lowest BCUT2D eigenvalue weighted by Crippen LogP contribution is -2.43. The van der Waals surface area contributed by atoms with Crippen molar-refractivity contribution in [3.8, 4) is 0 Å². The minimum atomic E-state index is 0.271. The molecule has 1 fully saturated rings. The lowest BCUT2D eigenvalue weighted by Gasteiger charge is -2.42. The third kappa shape index (κ3) is 4.84. The molecule has 0 spiro atoms. The molecule has 2 heteroatoms. The van der Waals surface area contributed by atoms with E-state index in [9.17, 15) is 0 Å². The molecule has 1 aliphatic rings. The van der Waals surface area contributed by atoms with Crippen molar-refractivity contribution in [2.75, 3.05) is 13.2 Å². The van der Waals surface area contributed by atoms with Crippen molar-refractivity contribution in [3.05, 3.63) is 0 Å². The third-order valence-corrected chi connectivity index (χ3v) is 3.74. The van der Waals surface area contributed by atoms with Gasteiger partial charge >= 0.3 is 0 Å². The summed E-state index contributed by atoms with van der Waals surface area (Å²) in [5.74, 6) is 0. The largest absolute Gasteiger partial charge is 0.396 e. The van der Waals surface area contributed by atoms with Crippen LogP contribution in [0.1, 0.15) is 71.1 Å². The summed E-state index contributed by atoms with van der Waals surface area (Å²) in [6.07, 6.45) is 12.4. The molecular formula is C14H28O2. The van der Waals surface area contributed by atoms with Gasteiger partial charge in [0, 0.05) is 6.61 Å². The van der Waals surface area contributed by atoms with Gasteiger partial charge in [-0.3, -0.25) is 0 Å². The van der Waals surface area contributed by atoms with E-state index in [4.69, 9.17) is 9.84 Å². The molecular weight excluding hydrogens is 200 g/mol. The van der Waals surface area contributed by atoms with Gasteiger partial charge in [0.2, 0.25) is 0 Å². The van der Waals surface area contributed by atoms with Crippen LogP contribution in [0.15, 0.2) is 0 Å². The number of aliphatic hydroxyl groups is 1. The Morgan fingerprint density at radius 3 is 2.19 bits per heavy atom. The van der Waals surface area contributed by atoms with Gasteiger partial charge in [0.25, 0.3) is 0 Å². The molecule has 0 aromatic rings. The fourth-order valence-corrected chi connectivity index (χ4v) is 2.50. The number of unbranched alkanes of at least 4 members (excludes halogenated alkanes) is 5. The predicted molar refractivity (Wildman–Crippen MR) is 67.6 cm³/mol. The van der Waals surface area contributed by atoms with Gasteiger partial charge in [-0.05, 0) is 25.7 Å². The van der Waals surface area contributed by atoms with E-state index >= 15 is 0 Å². The fraction of sp³-hybridized carbons (Fsp3) is 1.00. The van der Waals surface area contributed by atoms with Gasteiger partial charge in [-0.2, -0.15) is 0 Å². The van der Waals surface area contributed by atoms with Crippen molar-refractivity contribution in [2.45, 2.75) is 76.7 Å². The Bertz CT molecular complexity index is 164. The molecule has 16 heavy (non-hydrogen) atoms. The van der Waals surface area contributed by atoms with E-state index in [1.165, 1.54) is 57.8 Å². The van der Waals surface area contributed by atoms with Gasteiger partial charge in [0.05, 0.1) is 12.2 Å². The van der Waals surface area contributed by atoms with E-state index in [1.807, 2.05) is 0 Å². The molecule has 1 rings (SSSR count). The summed E-state index contributed by atoms with van der Waals surface area (Å²) >= 11 is 0. The van der Waals surface area contributed by atoms with Gasteiger partial charge in [-0.15, -0.1) is 0 Å². The lowest BCUT2D eigenvalue weighted by atomic mass is 9.84. The van der Waals surface area contributed by atoms with Crippen LogP contribution >= 0.6 is 0 Å². The number of hydrogen-bond donors (Lipinski definition) is 1. The van der Waals surface area contributed by atoms with Crippen LogP contribution in [0.2, 0.25) is 0 Å². The Morgan fingerprint density at radius 2 is 1.62 bits per heavy atom. The molecule has 0 saturated carbocycles. The zero-order chi connectivity index (χ0) is 11.7. The first-order valence-corrected chi connectivity index (χ1v) is 7.08. The highest BCUT2D eigenvalue weighted by atomic mass is 16.5. The molecule has 0 aromatic carbocycles. The van der Waals surface area contributed by atoms with Crippen molar-refractivity contribution in [1.82, 2.24) is 0 Å². The first-order valence-electron chi connectivity index (χ1n) is 7.08. The quantitative estimate of drug-likeness (QED) is 0.578. The Labute approximate surface area is 100 Å². The van der Waals surface area contributed by atoms with E-state index in [1.54, 1.807) is 0 Å². The molecule has 1 unspecified atom stereocenters. The summed E-state index contributed by atoms with van der Waals surface area (Å²) in [6.45, 7) is 3.58. The van der Waals surface area contributed by atoms with Crippen LogP contribution < -0.4 is 0 Å². The molecule has 1 heterocycles. The van der Waals surface area contributed by atoms with E-state index < -0.39 is 0 Å². The maximum Gasteiger partial charge on any atom is 0.0704 e. The Kier molecular flexibility index (Phi) is 7.06. The van der Waals surface area contributed by atoms with Gasteiger partial charge in [-0.25, -0.2) is 0 Å². The summed E-state index contributed by atoms with van der Waals surface area (Å²) in [5.41, 5.74) is 0.271. The molecule has 0 radical (unpaired) electrons. The number of rotatable bonds is 10. The van der Waals surface area contributed by atoms with Crippen LogP contribution in [0.4, 0.5) is 0 Å². The van der Waals surface area contributed by atoms with Gasteiger partial charge in [-0.1, -0.05) is 45.4 Å². The van der Waals surface area contributed by atoms with E-state index in [0.717, 1.165) is 13.0 Å². The molecule has 0 aliphatic carbocycles. The van der Waals surface area contributed by atoms with Gasteiger partial charge in [0.15, 0.2) is 0 Å². The first kappa shape index (κ1) is 14.0. The van der Waals surface area contributed by atoms with Gasteiger partial charge < -0.3 is 9.84 Å². The topological polar surface area (TPSA) is 29.5 Å². The summed E-state index contributed by atoms with van der Waals surface area (Å²) in [6, 6.07) is 0. The smallest absolute Gasteiger partial charge is 0.0704 e. The van der Waals surface area contributed by atoms with Gasteiger partial charge in [0.1, 0.15) is 0 Å². The van der Waals surface area contributed by atoms with Crippen LogP contribution in [-0.2, 0) is 4.74 Å². The minimum Gasteiger partial charge on any atom is -0.396 e. The SMILES string of the molecule is CCCCC1(CCCCCCCO)CCO1. The van der Waals surface area contributed by atoms with Crippen molar-refractivity contribution >= 4 is 0 Å². The second kappa shape index (κ2) is 8.08. The maximum atomic E-state index is 8.68. The highest BCUT2D eigenvalue weighted by Gasteiger charge is 2.36. The summed E-state index contributed by atoms with van der Waals surface area (Å²) < 4.78 is 5.81. The third-order valence-electron chi connectivity index (χ3n) is 3.74. The fourth-order valence-electron chi connectivity index (χ4n) is 2.50. The van der Waals surface area contributed by atoms with Crippen LogP contribution in [0.3, 0.4) is 0 Å². The Balaban J connectivity index is 2.00.